The number of halogens is 1. The average Bonchev–Trinajstić information content (AvgIpc) is 3.10. The van der Waals surface area contributed by atoms with Crippen molar-refractivity contribution in [2.45, 2.75) is 63.4 Å². The first-order chi connectivity index (χ1) is 15.0. The van der Waals surface area contributed by atoms with Crippen LogP contribution in [0.4, 0.5) is 0 Å². The molecule has 2 rings (SSSR count). The Morgan fingerprint density at radius 1 is 0.969 bits per heavy atom. The molecule has 178 valence electrons. The summed E-state index contributed by atoms with van der Waals surface area (Å²) >= 11 is 3.19. The van der Waals surface area contributed by atoms with Crippen LogP contribution < -0.4 is 0 Å². The molecule has 0 bridgehead atoms. The fraction of sp³-hybridized carbons (Fsp3) is 0.632. The lowest BCUT2D eigenvalue weighted by Gasteiger charge is -2.44. The van der Waals surface area contributed by atoms with Crippen LogP contribution in [0.25, 0.3) is 0 Å². The average molecular weight is 523 g/mol. The maximum Gasteiger partial charge on any atom is 0.337 e. The Morgan fingerprint density at radius 3 is 2.03 bits per heavy atom. The van der Waals surface area contributed by atoms with E-state index in [9.17, 15) is 24.0 Å². The van der Waals surface area contributed by atoms with Gasteiger partial charge in [0.15, 0.2) is 18.3 Å². The number of hydrogen-bond donors (Lipinski definition) is 0. The van der Waals surface area contributed by atoms with Crippen molar-refractivity contribution in [1.82, 2.24) is 0 Å². The van der Waals surface area contributed by atoms with E-state index in [0.717, 1.165) is 27.7 Å². The molecule has 0 aromatic carbocycles. The fourth-order valence-corrected chi connectivity index (χ4v) is 3.63. The summed E-state index contributed by atoms with van der Waals surface area (Å²) in [7, 11) is 0. The molecular formula is C19H23BrO12. The predicted octanol–water partition coefficient (Wildman–Crippen LogP) is 0.290. The van der Waals surface area contributed by atoms with Crippen LogP contribution in [-0.4, -0.2) is 78.8 Å². The topological polar surface area (TPSA) is 150 Å². The zero-order chi connectivity index (χ0) is 24.0. The Morgan fingerprint density at radius 2 is 1.53 bits per heavy atom. The van der Waals surface area contributed by atoms with Crippen molar-refractivity contribution < 1.29 is 57.1 Å². The summed E-state index contributed by atoms with van der Waals surface area (Å²) < 4.78 is 37.2. The van der Waals surface area contributed by atoms with E-state index in [1.807, 2.05) is 0 Å². The maximum atomic E-state index is 11.8. The van der Waals surface area contributed by atoms with Crippen LogP contribution in [-0.2, 0) is 57.1 Å². The molecule has 6 atom stereocenters. The van der Waals surface area contributed by atoms with Gasteiger partial charge < -0.3 is 33.2 Å². The fourth-order valence-electron chi connectivity index (χ4n) is 3.05. The summed E-state index contributed by atoms with van der Waals surface area (Å²) in [4.78, 5) is 58.4. The summed E-state index contributed by atoms with van der Waals surface area (Å²) in [6.45, 7) is 4.15. The lowest BCUT2D eigenvalue weighted by Crippen LogP contribution is -2.63. The molecule has 2 aliphatic rings. The Hall–Kier alpha value is -2.51. The van der Waals surface area contributed by atoms with Gasteiger partial charge in [-0.3, -0.25) is 19.2 Å². The first-order valence-electron chi connectivity index (χ1n) is 9.46. The van der Waals surface area contributed by atoms with E-state index in [0.29, 0.717) is 0 Å². The van der Waals surface area contributed by atoms with E-state index in [1.54, 1.807) is 0 Å². The summed E-state index contributed by atoms with van der Waals surface area (Å²) in [5.74, 6) is -3.56. The molecule has 1 saturated heterocycles. The van der Waals surface area contributed by atoms with Crippen molar-refractivity contribution >= 4 is 45.8 Å². The number of rotatable bonds is 8. The first kappa shape index (κ1) is 25.7. The van der Waals surface area contributed by atoms with E-state index in [2.05, 4.69) is 15.9 Å². The molecular weight excluding hydrogens is 500 g/mol. The van der Waals surface area contributed by atoms with Gasteiger partial charge in [-0.15, -0.1) is 0 Å². The Balaban J connectivity index is 2.40. The molecule has 0 spiro atoms. The van der Waals surface area contributed by atoms with E-state index in [4.69, 9.17) is 33.2 Å². The Labute approximate surface area is 191 Å². The molecule has 1 fully saturated rings. The standard InChI is InChI=1S/C19H23BrO12/c1-8(21)27-7-13-14(28-9(2)22)15(29-10(3)23)16(30-11(4)24)19(31-13)32-17(20)12-5-6-26-18(12)25/h5,13-17,19H,6-7H2,1-4H3/t13-,14-,15+,16-,17?,19+/m1/s1. The van der Waals surface area contributed by atoms with E-state index >= 15 is 0 Å². The van der Waals surface area contributed by atoms with Gasteiger partial charge in [-0.2, -0.15) is 0 Å². The molecule has 2 aliphatic heterocycles. The second-order valence-electron chi connectivity index (χ2n) is 6.78. The van der Waals surface area contributed by atoms with Gasteiger partial charge in [0.25, 0.3) is 0 Å². The second-order valence-corrected chi connectivity index (χ2v) is 7.61. The molecule has 32 heavy (non-hydrogen) atoms. The number of esters is 5. The molecule has 0 aromatic rings. The summed E-state index contributed by atoms with van der Waals surface area (Å²) in [6.07, 6.45) is -5.17. The van der Waals surface area contributed by atoms with Crippen molar-refractivity contribution in [2.75, 3.05) is 13.2 Å². The van der Waals surface area contributed by atoms with Crippen LogP contribution in [0, 0.1) is 0 Å². The van der Waals surface area contributed by atoms with Gasteiger partial charge in [-0.05, 0) is 6.08 Å². The van der Waals surface area contributed by atoms with Crippen LogP contribution in [0.15, 0.2) is 11.6 Å². The van der Waals surface area contributed by atoms with Gasteiger partial charge in [-0.1, -0.05) is 15.9 Å². The molecule has 0 saturated carbocycles. The molecule has 0 aromatic heterocycles. The third kappa shape index (κ3) is 7.00. The zero-order valence-electron chi connectivity index (χ0n) is 17.7. The number of carbonyl (C=O) groups excluding carboxylic acids is 5. The number of ether oxygens (including phenoxy) is 7. The molecule has 0 aliphatic carbocycles. The molecule has 0 amide bonds. The minimum absolute atomic E-state index is 0.0538. The maximum absolute atomic E-state index is 11.8. The molecule has 1 unspecified atom stereocenters. The molecule has 12 nitrogen and oxygen atoms in total. The van der Waals surface area contributed by atoms with Gasteiger partial charge in [0.1, 0.15) is 24.3 Å². The Bertz CT molecular complexity index is 793. The van der Waals surface area contributed by atoms with Crippen molar-refractivity contribution in [1.29, 1.82) is 0 Å². The Kier molecular flexibility index (Phi) is 9.16. The highest BCUT2D eigenvalue weighted by Crippen LogP contribution is 2.32. The number of hydrogen-bond acceptors (Lipinski definition) is 12. The van der Waals surface area contributed by atoms with Crippen molar-refractivity contribution in [3.63, 3.8) is 0 Å². The van der Waals surface area contributed by atoms with Gasteiger partial charge in [0, 0.05) is 27.7 Å². The third-order valence-electron chi connectivity index (χ3n) is 4.20. The monoisotopic (exact) mass is 522 g/mol. The van der Waals surface area contributed by atoms with Gasteiger partial charge in [0.05, 0.1) is 5.57 Å². The third-order valence-corrected chi connectivity index (χ3v) is 4.91. The van der Waals surface area contributed by atoms with E-state index < -0.39 is 72.2 Å². The van der Waals surface area contributed by atoms with Crippen molar-refractivity contribution in [3.8, 4) is 0 Å². The highest BCUT2D eigenvalue weighted by Gasteiger charge is 2.53. The quantitative estimate of drug-likeness (QED) is 0.244. The number of alkyl halides is 1. The van der Waals surface area contributed by atoms with Crippen LogP contribution in [0.1, 0.15) is 27.7 Å². The molecule has 0 N–H and O–H groups in total. The highest BCUT2D eigenvalue weighted by molar-refractivity contribution is 9.09. The molecule has 0 radical (unpaired) electrons. The minimum Gasteiger partial charge on any atom is -0.463 e. The first-order valence-corrected chi connectivity index (χ1v) is 10.4. The van der Waals surface area contributed by atoms with Crippen LogP contribution >= 0.6 is 15.9 Å². The molecule has 2 heterocycles. The van der Waals surface area contributed by atoms with Gasteiger partial charge >= 0.3 is 29.8 Å². The summed E-state index contributed by atoms with van der Waals surface area (Å²) in [6, 6.07) is 0. The molecule has 13 heteroatoms. The largest absolute Gasteiger partial charge is 0.463 e. The van der Waals surface area contributed by atoms with Crippen LogP contribution in [0.2, 0.25) is 0 Å². The van der Waals surface area contributed by atoms with Crippen molar-refractivity contribution in [3.05, 3.63) is 11.6 Å². The van der Waals surface area contributed by atoms with Gasteiger partial charge in [0.2, 0.25) is 6.29 Å². The highest BCUT2D eigenvalue weighted by atomic mass is 79.9. The zero-order valence-corrected chi connectivity index (χ0v) is 19.3. The van der Waals surface area contributed by atoms with Gasteiger partial charge in [-0.25, -0.2) is 4.79 Å². The second kappa shape index (κ2) is 11.4. The lowest BCUT2D eigenvalue weighted by atomic mass is 9.98. The summed E-state index contributed by atoms with van der Waals surface area (Å²) in [5, 5.41) is -1.04. The van der Waals surface area contributed by atoms with Crippen LogP contribution in [0.3, 0.4) is 0 Å². The minimum atomic E-state index is -1.42. The SMILES string of the molecule is CC(=O)OC[C@H]1O[C@@H](OC(Br)C2=CCOC2=O)[C@H](OC(C)=O)[C@@H](OC(C)=O)[C@@H]1OC(C)=O. The predicted molar refractivity (Wildman–Crippen MR) is 105 cm³/mol. The van der Waals surface area contributed by atoms with Crippen LogP contribution in [0.5, 0.6) is 0 Å². The summed E-state index contributed by atoms with van der Waals surface area (Å²) in [5.41, 5.74) is 0.137. The van der Waals surface area contributed by atoms with E-state index in [1.165, 1.54) is 6.08 Å². The lowest BCUT2D eigenvalue weighted by molar-refractivity contribution is -0.308. The number of carbonyl (C=O) groups is 5. The van der Waals surface area contributed by atoms with Crippen molar-refractivity contribution in [2.24, 2.45) is 0 Å². The smallest absolute Gasteiger partial charge is 0.337 e. The normalized spacial score (nSPS) is 28.1. The van der Waals surface area contributed by atoms with E-state index in [-0.39, 0.29) is 12.2 Å². The number of cyclic esters (lactones) is 1.